The number of hydrogen-bond donors (Lipinski definition) is 1. The predicted molar refractivity (Wildman–Crippen MR) is 115 cm³/mol. The number of aromatic nitrogens is 4. The lowest BCUT2D eigenvalue weighted by Crippen LogP contribution is -2.45. The summed E-state index contributed by atoms with van der Waals surface area (Å²) < 4.78 is 1.85. The average molecular weight is 407 g/mol. The Labute approximate surface area is 172 Å². The van der Waals surface area contributed by atoms with E-state index >= 15 is 0 Å². The van der Waals surface area contributed by atoms with E-state index in [0.717, 1.165) is 64.0 Å². The number of rotatable bonds is 3. The molecule has 0 atom stereocenters. The van der Waals surface area contributed by atoms with E-state index in [2.05, 4.69) is 20.3 Å². The zero-order valence-electron chi connectivity index (χ0n) is 16.4. The van der Waals surface area contributed by atoms with E-state index in [1.54, 1.807) is 0 Å². The van der Waals surface area contributed by atoms with Crippen molar-refractivity contribution in [3.05, 3.63) is 52.0 Å². The number of piperidine rings is 1. The van der Waals surface area contributed by atoms with Gasteiger partial charge in [-0.2, -0.15) is 4.52 Å². The van der Waals surface area contributed by atoms with Gasteiger partial charge in [0.2, 0.25) is 5.95 Å². The normalized spacial score (nSPS) is 15.3. The largest absolute Gasteiger partial charge is 0.348 e. The topological polar surface area (TPSA) is 75.4 Å². The molecule has 0 aliphatic carbocycles. The highest BCUT2D eigenvalue weighted by molar-refractivity contribution is 7.13. The molecule has 8 heteroatoms. The number of nitrogens with one attached hydrogen (secondary N) is 1. The summed E-state index contributed by atoms with van der Waals surface area (Å²) in [6, 6.07) is 12.1. The number of para-hydroxylation sites is 1. The van der Waals surface area contributed by atoms with Crippen molar-refractivity contribution in [1.82, 2.24) is 24.9 Å². The molecule has 4 aromatic rings. The van der Waals surface area contributed by atoms with E-state index in [9.17, 15) is 4.79 Å². The lowest BCUT2D eigenvalue weighted by atomic mass is 10.1. The fourth-order valence-electron chi connectivity index (χ4n) is 3.89. The molecule has 1 aliphatic heterocycles. The molecule has 1 N–H and O–H groups in total. The number of fused-ring (bicyclic) bond motifs is 3. The molecule has 1 saturated heterocycles. The first kappa shape index (κ1) is 18.1. The Hall–Kier alpha value is -3.00. The summed E-state index contributed by atoms with van der Waals surface area (Å²) in [5.41, 5.74) is 1.76. The van der Waals surface area contributed by atoms with Gasteiger partial charge in [-0.15, -0.1) is 16.4 Å². The molecule has 5 rings (SSSR count). The zero-order valence-corrected chi connectivity index (χ0v) is 17.2. The number of anilines is 1. The Kier molecular flexibility index (Phi) is 4.43. The molecule has 1 amide bonds. The molecule has 0 unspecified atom stereocenters. The number of carbonyl (C=O) groups is 1. The van der Waals surface area contributed by atoms with E-state index in [4.69, 9.17) is 4.98 Å². The summed E-state index contributed by atoms with van der Waals surface area (Å²) in [5.74, 6) is 1.58. The van der Waals surface area contributed by atoms with Crippen LogP contribution in [0, 0.1) is 13.8 Å². The maximum atomic E-state index is 12.5. The molecular weight excluding hydrogens is 384 g/mol. The van der Waals surface area contributed by atoms with Crippen molar-refractivity contribution in [1.29, 1.82) is 0 Å². The van der Waals surface area contributed by atoms with E-state index in [1.165, 1.54) is 11.3 Å². The SMILES string of the molecule is Cc1nc2c3ccccc3nc(N3CCC(NC(=O)c4ccc(C)s4)CC3)n2n1. The van der Waals surface area contributed by atoms with Crippen molar-refractivity contribution in [3.8, 4) is 0 Å². The van der Waals surface area contributed by atoms with Crippen molar-refractivity contribution in [2.75, 3.05) is 18.0 Å². The van der Waals surface area contributed by atoms with Crippen LogP contribution in [0.3, 0.4) is 0 Å². The average Bonchev–Trinajstić information content (AvgIpc) is 3.33. The maximum absolute atomic E-state index is 12.5. The van der Waals surface area contributed by atoms with Crippen LogP contribution in [-0.2, 0) is 0 Å². The summed E-state index contributed by atoms with van der Waals surface area (Å²) >= 11 is 1.54. The number of hydrogen-bond acceptors (Lipinski definition) is 6. The number of aryl methyl sites for hydroxylation is 2. The third kappa shape index (κ3) is 3.33. The minimum atomic E-state index is 0.0275. The van der Waals surface area contributed by atoms with Crippen LogP contribution in [0.15, 0.2) is 36.4 Å². The lowest BCUT2D eigenvalue weighted by Gasteiger charge is -2.33. The maximum Gasteiger partial charge on any atom is 0.261 e. The van der Waals surface area contributed by atoms with Crippen molar-refractivity contribution in [2.24, 2.45) is 0 Å². The number of amides is 1. The first-order chi connectivity index (χ1) is 14.1. The summed E-state index contributed by atoms with van der Waals surface area (Å²) in [6.07, 6.45) is 1.75. The molecule has 7 nitrogen and oxygen atoms in total. The molecule has 148 valence electrons. The molecule has 4 heterocycles. The monoisotopic (exact) mass is 406 g/mol. The third-order valence-electron chi connectivity index (χ3n) is 5.35. The molecule has 3 aromatic heterocycles. The van der Waals surface area contributed by atoms with Gasteiger partial charge in [0, 0.05) is 29.4 Å². The molecule has 29 heavy (non-hydrogen) atoms. The van der Waals surface area contributed by atoms with Crippen LogP contribution in [0.25, 0.3) is 16.6 Å². The van der Waals surface area contributed by atoms with E-state index < -0.39 is 0 Å². The van der Waals surface area contributed by atoms with Gasteiger partial charge in [0.1, 0.15) is 5.82 Å². The molecular formula is C21H22N6OS. The van der Waals surface area contributed by atoms with Crippen molar-refractivity contribution in [2.45, 2.75) is 32.7 Å². The van der Waals surface area contributed by atoms with Gasteiger partial charge in [-0.3, -0.25) is 4.79 Å². The number of benzene rings is 1. The van der Waals surface area contributed by atoms with Gasteiger partial charge in [-0.1, -0.05) is 12.1 Å². The molecule has 1 fully saturated rings. The lowest BCUT2D eigenvalue weighted by molar-refractivity contribution is 0.0935. The van der Waals surface area contributed by atoms with Gasteiger partial charge in [0.15, 0.2) is 5.65 Å². The molecule has 0 radical (unpaired) electrons. The Morgan fingerprint density at radius 1 is 1.10 bits per heavy atom. The summed E-state index contributed by atoms with van der Waals surface area (Å²) in [4.78, 5) is 26.1. The number of thiophene rings is 1. The molecule has 0 spiro atoms. The van der Waals surface area contributed by atoms with Crippen LogP contribution >= 0.6 is 11.3 Å². The minimum Gasteiger partial charge on any atom is -0.348 e. The second kappa shape index (κ2) is 7.11. The fourth-order valence-corrected chi connectivity index (χ4v) is 4.66. The van der Waals surface area contributed by atoms with Crippen LogP contribution in [0.2, 0.25) is 0 Å². The van der Waals surface area contributed by atoms with Crippen molar-refractivity contribution >= 4 is 39.7 Å². The molecule has 0 saturated carbocycles. The Balaban J connectivity index is 1.36. The minimum absolute atomic E-state index is 0.0275. The quantitative estimate of drug-likeness (QED) is 0.565. The summed E-state index contributed by atoms with van der Waals surface area (Å²) in [6.45, 7) is 5.55. The Morgan fingerprint density at radius 2 is 1.90 bits per heavy atom. The van der Waals surface area contributed by atoms with Gasteiger partial charge in [-0.25, -0.2) is 9.97 Å². The number of carbonyl (C=O) groups excluding carboxylic acids is 1. The van der Waals surface area contributed by atoms with Crippen LogP contribution < -0.4 is 10.2 Å². The predicted octanol–water partition coefficient (Wildman–Crippen LogP) is 3.35. The van der Waals surface area contributed by atoms with Crippen molar-refractivity contribution in [3.63, 3.8) is 0 Å². The standard InChI is InChI=1S/C21H22N6OS/c1-13-7-8-18(29-13)20(28)23-15-9-11-26(12-10-15)21-24-17-6-4-3-5-16(17)19-22-14(2)25-27(19)21/h3-8,15H,9-12H2,1-2H3,(H,23,28). The Bertz CT molecular complexity index is 1200. The van der Waals surface area contributed by atoms with Crippen LogP contribution in [0.1, 0.15) is 33.2 Å². The molecule has 0 bridgehead atoms. The highest BCUT2D eigenvalue weighted by atomic mass is 32.1. The van der Waals surface area contributed by atoms with Gasteiger partial charge in [-0.05, 0) is 51.0 Å². The Morgan fingerprint density at radius 3 is 2.66 bits per heavy atom. The van der Waals surface area contributed by atoms with E-state index in [-0.39, 0.29) is 11.9 Å². The van der Waals surface area contributed by atoms with Crippen molar-refractivity contribution < 1.29 is 4.79 Å². The fraction of sp³-hybridized carbons (Fsp3) is 0.333. The second-order valence-corrected chi connectivity index (χ2v) is 8.76. The summed E-state index contributed by atoms with van der Waals surface area (Å²) in [5, 5.41) is 8.77. The molecule has 1 aromatic carbocycles. The zero-order chi connectivity index (χ0) is 20.0. The van der Waals surface area contributed by atoms with Crippen LogP contribution in [0.5, 0.6) is 0 Å². The summed E-state index contributed by atoms with van der Waals surface area (Å²) in [7, 11) is 0. The van der Waals surface area contributed by atoms with Gasteiger partial charge in [0.05, 0.1) is 10.4 Å². The number of nitrogens with zero attached hydrogens (tertiary/aromatic N) is 5. The first-order valence-corrected chi connectivity index (χ1v) is 10.6. The highest BCUT2D eigenvalue weighted by Crippen LogP contribution is 2.25. The van der Waals surface area contributed by atoms with Crippen LogP contribution in [0.4, 0.5) is 5.95 Å². The van der Waals surface area contributed by atoms with Gasteiger partial charge >= 0.3 is 0 Å². The molecule has 1 aliphatic rings. The van der Waals surface area contributed by atoms with Gasteiger partial charge in [0.25, 0.3) is 5.91 Å². The third-order valence-corrected chi connectivity index (χ3v) is 6.34. The second-order valence-electron chi connectivity index (χ2n) is 7.47. The van der Waals surface area contributed by atoms with E-state index in [0.29, 0.717) is 0 Å². The first-order valence-electron chi connectivity index (χ1n) is 9.83. The van der Waals surface area contributed by atoms with Gasteiger partial charge < -0.3 is 10.2 Å². The van der Waals surface area contributed by atoms with E-state index in [1.807, 2.05) is 54.8 Å². The van der Waals surface area contributed by atoms with Crippen LogP contribution in [-0.4, -0.2) is 44.6 Å². The highest BCUT2D eigenvalue weighted by Gasteiger charge is 2.25. The smallest absolute Gasteiger partial charge is 0.261 e.